The summed E-state index contributed by atoms with van der Waals surface area (Å²) in [5.74, 6) is 0.196. The number of carboxylic acids is 1. The van der Waals surface area contributed by atoms with E-state index in [4.69, 9.17) is 9.84 Å². The minimum Gasteiger partial charge on any atom is -0.497 e. The fraction of sp³-hybridized carbons (Fsp3) is 0.588. The Labute approximate surface area is 132 Å². The Hall–Kier alpha value is -1.59. The molecular formula is C17H26N2O3. The van der Waals surface area contributed by atoms with Crippen LogP contribution in [0.3, 0.4) is 0 Å². The summed E-state index contributed by atoms with van der Waals surface area (Å²) in [4.78, 5) is 15.4. The van der Waals surface area contributed by atoms with E-state index in [1.807, 2.05) is 12.1 Å². The SMILES string of the molecule is COc1cccc([C@@H](C)N2CCN(CCCC(=O)O)CC2)c1. The number of benzene rings is 1. The lowest BCUT2D eigenvalue weighted by atomic mass is 10.1. The molecule has 5 nitrogen and oxygen atoms in total. The first-order valence-electron chi connectivity index (χ1n) is 7.92. The number of methoxy groups -OCH3 is 1. The average molecular weight is 306 g/mol. The number of carbonyl (C=O) groups is 1. The van der Waals surface area contributed by atoms with E-state index < -0.39 is 5.97 Å². The topological polar surface area (TPSA) is 53.0 Å². The van der Waals surface area contributed by atoms with Gasteiger partial charge in [0.25, 0.3) is 0 Å². The van der Waals surface area contributed by atoms with Gasteiger partial charge >= 0.3 is 5.97 Å². The van der Waals surface area contributed by atoms with Crippen molar-refractivity contribution in [3.8, 4) is 5.75 Å². The van der Waals surface area contributed by atoms with Gasteiger partial charge in [0.2, 0.25) is 0 Å². The number of nitrogens with zero attached hydrogens (tertiary/aromatic N) is 2. The van der Waals surface area contributed by atoms with Crippen LogP contribution < -0.4 is 4.74 Å². The zero-order valence-corrected chi connectivity index (χ0v) is 13.5. The Morgan fingerprint density at radius 1 is 1.32 bits per heavy atom. The second-order valence-electron chi connectivity index (χ2n) is 5.83. The van der Waals surface area contributed by atoms with Crippen LogP contribution >= 0.6 is 0 Å². The predicted octanol–water partition coefficient (Wildman–Crippen LogP) is 2.24. The molecule has 1 aliphatic heterocycles. The van der Waals surface area contributed by atoms with Crippen molar-refractivity contribution in [3.05, 3.63) is 29.8 Å². The van der Waals surface area contributed by atoms with E-state index in [1.54, 1.807) is 7.11 Å². The maximum Gasteiger partial charge on any atom is 0.303 e. The van der Waals surface area contributed by atoms with Crippen LogP contribution in [0.1, 0.15) is 31.4 Å². The van der Waals surface area contributed by atoms with Gasteiger partial charge in [-0.05, 0) is 37.6 Å². The molecule has 0 aromatic heterocycles. The van der Waals surface area contributed by atoms with Gasteiger partial charge in [0, 0.05) is 38.6 Å². The maximum atomic E-state index is 10.6. The summed E-state index contributed by atoms with van der Waals surface area (Å²) in [6, 6.07) is 8.62. The number of ether oxygens (including phenoxy) is 1. The quantitative estimate of drug-likeness (QED) is 0.837. The van der Waals surface area contributed by atoms with E-state index in [2.05, 4.69) is 28.9 Å². The lowest BCUT2D eigenvalue weighted by Crippen LogP contribution is -2.47. The predicted molar refractivity (Wildman–Crippen MR) is 86.3 cm³/mol. The normalized spacial score (nSPS) is 18.1. The van der Waals surface area contributed by atoms with Crippen LogP contribution in [0.15, 0.2) is 24.3 Å². The molecule has 0 bridgehead atoms. The number of rotatable bonds is 7. The standard InChI is InChI=1S/C17H26N2O3/c1-14(15-5-3-6-16(13-15)22-2)19-11-9-18(10-12-19)8-4-7-17(20)21/h3,5-6,13-14H,4,7-12H2,1-2H3,(H,20,21)/t14-/m1/s1. The number of hydrogen-bond donors (Lipinski definition) is 1. The number of carboxylic acid groups (broad SMARTS) is 1. The summed E-state index contributed by atoms with van der Waals surface area (Å²) in [6.45, 7) is 7.17. The van der Waals surface area contributed by atoms with E-state index in [-0.39, 0.29) is 6.42 Å². The summed E-state index contributed by atoms with van der Waals surface area (Å²) in [5.41, 5.74) is 1.28. The molecule has 5 heteroatoms. The molecule has 0 amide bonds. The number of hydrogen-bond acceptors (Lipinski definition) is 4. The molecule has 0 radical (unpaired) electrons. The molecule has 0 saturated carbocycles. The second kappa shape index (κ2) is 8.15. The highest BCUT2D eigenvalue weighted by Gasteiger charge is 2.22. The van der Waals surface area contributed by atoms with E-state index in [9.17, 15) is 4.79 Å². The molecule has 1 aromatic rings. The zero-order chi connectivity index (χ0) is 15.9. The first kappa shape index (κ1) is 16.8. The molecule has 122 valence electrons. The van der Waals surface area contributed by atoms with Crippen LogP contribution in [0, 0.1) is 0 Å². The van der Waals surface area contributed by atoms with Crippen molar-refractivity contribution in [1.82, 2.24) is 9.80 Å². The molecule has 0 unspecified atom stereocenters. The lowest BCUT2D eigenvalue weighted by Gasteiger charge is -2.38. The van der Waals surface area contributed by atoms with Gasteiger partial charge in [-0.3, -0.25) is 9.69 Å². The minimum absolute atomic E-state index is 0.264. The van der Waals surface area contributed by atoms with E-state index >= 15 is 0 Å². The summed E-state index contributed by atoms with van der Waals surface area (Å²) in [6.07, 6.45) is 1.00. The van der Waals surface area contributed by atoms with Crippen molar-refractivity contribution >= 4 is 5.97 Å². The Kier molecular flexibility index (Phi) is 6.21. The fourth-order valence-corrected chi connectivity index (χ4v) is 2.94. The third-order valence-corrected chi connectivity index (χ3v) is 4.40. The highest BCUT2D eigenvalue weighted by atomic mass is 16.5. The maximum absolute atomic E-state index is 10.6. The highest BCUT2D eigenvalue weighted by molar-refractivity contribution is 5.66. The van der Waals surface area contributed by atoms with Crippen LogP contribution in [0.2, 0.25) is 0 Å². The van der Waals surface area contributed by atoms with Crippen molar-refractivity contribution < 1.29 is 14.6 Å². The average Bonchev–Trinajstić information content (AvgIpc) is 2.54. The first-order chi connectivity index (χ1) is 10.6. The van der Waals surface area contributed by atoms with Crippen molar-refractivity contribution in [1.29, 1.82) is 0 Å². The van der Waals surface area contributed by atoms with Crippen LogP contribution in [-0.4, -0.2) is 60.7 Å². The highest BCUT2D eigenvalue weighted by Crippen LogP contribution is 2.24. The molecule has 1 aliphatic rings. The molecule has 1 saturated heterocycles. The minimum atomic E-state index is -0.703. The van der Waals surface area contributed by atoms with Gasteiger partial charge in [-0.1, -0.05) is 12.1 Å². The third-order valence-electron chi connectivity index (χ3n) is 4.40. The summed E-state index contributed by atoms with van der Waals surface area (Å²) in [7, 11) is 1.69. The van der Waals surface area contributed by atoms with E-state index in [1.165, 1.54) is 5.56 Å². The van der Waals surface area contributed by atoms with Crippen LogP contribution in [0.5, 0.6) is 5.75 Å². The van der Waals surface area contributed by atoms with Gasteiger partial charge in [-0.15, -0.1) is 0 Å². The summed E-state index contributed by atoms with van der Waals surface area (Å²) in [5, 5.41) is 8.69. The van der Waals surface area contributed by atoms with Crippen molar-refractivity contribution in [3.63, 3.8) is 0 Å². The second-order valence-corrected chi connectivity index (χ2v) is 5.83. The van der Waals surface area contributed by atoms with Crippen LogP contribution in [0.4, 0.5) is 0 Å². The van der Waals surface area contributed by atoms with Gasteiger partial charge < -0.3 is 14.7 Å². The molecule has 1 fully saturated rings. The Balaban J connectivity index is 1.81. The molecule has 1 heterocycles. The van der Waals surface area contributed by atoms with Gasteiger partial charge in [0.05, 0.1) is 7.11 Å². The van der Waals surface area contributed by atoms with Crippen molar-refractivity contribution in [2.75, 3.05) is 39.8 Å². The third kappa shape index (κ3) is 4.71. The monoisotopic (exact) mass is 306 g/mol. The van der Waals surface area contributed by atoms with Gasteiger partial charge in [-0.2, -0.15) is 0 Å². The van der Waals surface area contributed by atoms with Crippen molar-refractivity contribution in [2.45, 2.75) is 25.8 Å². The van der Waals surface area contributed by atoms with Crippen LogP contribution in [-0.2, 0) is 4.79 Å². The first-order valence-corrected chi connectivity index (χ1v) is 7.92. The molecule has 22 heavy (non-hydrogen) atoms. The molecule has 0 spiro atoms. The van der Waals surface area contributed by atoms with Gasteiger partial charge in [0.15, 0.2) is 0 Å². The van der Waals surface area contributed by atoms with Gasteiger partial charge in [-0.25, -0.2) is 0 Å². The molecule has 2 rings (SSSR count). The molecular weight excluding hydrogens is 280 g/mol. The Morgan fingerprint density at radius 2 is 2.05 bits per heavy atom. The Morgan fingerprint density at radius 3 is 2.68 bits per heavy atom. The lowest BCUT2D eigenvalue weighted by molar-refractivity contribution is -0.137. The largest absolute Gasteiger partial charge is 0.497 e. The van der Waals surface area contributed by atoms with E-state index in [0.717, 1.165) is 44.9 Å². The molecule has 1 atom stereocenters. The van der Waals surface area contributed by atoms with Crippen molar-refractivity contribution in [2.24, 2.45) is 0 Å². The molecule has 1 aromatic carbocycles. The van der Waals surface area contributed by atoms with Crippen LogP contribution in [0.25, 0.3) is 0 Å². The Bertz CT molecular complexity index is 485. The molecule has 1 N–H and O–H groups in total. The fourth-order valence-electron chi connectivity index (χ4n) is 2.94. The smallest absolute Gasteiger partial charge is 0.303 e. The number of piperazine rings is 1. The summed E-state index contributed by atoms with van der Waals surface area (Å²) < 4.78 is 5.30. The zero-order valence-electron chi connectivity index (χ0n) is 13.5. The number of aliphatic carboxylic acids is 1. The van der Waals surface area contributed by atoms with E-state index in [0.29, 0.717) is 6.04 Å². The summed E-state index contributed by atoms with van der Waals surface area (Å²) >= 11 is 0. The van der Waals surface area contributed by atoms with Gasteiger partial charge in [0.1, 0.15) is 5.75 Å². The molecule has 0 aliphatic carbocycles.